The topological polar surface area (TPSA) is 56.1 Å². The number of nitrogens with one attached hydrogen (secondary N) is 1. The van der Waals surface area contributed by atoms with Crippen molar-refractivity contribution >= 4 is 11.6 Å². The molecule has 1 unspecified atom stereocenters. The van der Waals surface area contributed by atoms with Crippen LogP contribution >= 0.6 is 0 Å². The molecule has 3 aromatic rings. The van der Waals surface area contributed by atoms with Crippen LogP contribution in [-0.4, -0.2) is 21.1 Å². The van der Waals surface area contributed by atoms with E-state index in [4.69, 9.17) is 4.74 Å². The van der Waals surface area contributed by atoms with E-state index in [2.05, 4.69) is 16.4 Å². The summed E-state index contributed by atoms with van der Waals surface area (Å²) in [6, 6.07) is 9.38. The van der Waals surface area contributed by atoms with Gasteiger partial charge >= 0.3 is 177 Å². The second-order valence-corrected chi connectivity index (χ2v) is 10.0. The van der Waals surface area contributed by atoms with Gasteiger partial charge in [0.1, 0.15) is 0 Å². The minimum atomic E-state index is -0.660. The van der Waals surface area contributed by atoms with Crippen molar-refractivity contribution < 1.29 is 34.7 Å². The first-order valence-electron chi connectivity index (χ1n) is 8.99. The van der Waals surface area contributed by atoms with Crippen molar-refractivity contribution in [2.24, 2.45) is 0 Å². The molecule has 0 amide bonds. The Kier molecular flexibility index (Phi) is 5.53. The molecule has 0 spiro atoms. The standard InChI is InChI=1S/C21H19F2IN3O2/c1-12-16(17-9-24-17)4-3-5-18(12)25-21-26-20(28)19(29-2)11-27(21)10-13-6-14(22)8-15(23)7-13/h3-8,11,17H,9-10H2,1-2H3,(H,25,26,28)/q-1. The van der Waals surface area contributed by atoms with Gasteiger partial charge in [-0.15, -0.1) is 0 Å². The molecule has 1 atom stereocenters. The molecule has 2 aromatic carbocycles. The summed E-state index contributed by atoms with van der Waals surface area (Å²) >= 11 is 0.260. The van der Waals surface area contributed by atoms with E-state index in [1.807, 2.05) is 19.1 Å². The Bertz CT molecular complexity index is 1110. The van der Waals surface area contributed by atoms with E-state index in [9.17, 15) is 13.6 Å². The van der Waals surface area contributed by atoms with E-state index in [1.165, 1.54) is 35.4 Å². The molecule has 1 aromatic heterocycles. The first kappa shape index (κ1) is 19.8. The van der Waals surface area contributed by atoms with Gasteiger partial charge in [-0.2, -0.15) is 0 Å². The van der Waals surface area contributed by atoms with Gasteiger partial charge < -0.3 is 0 Å². The quantitative estimate of drug-likeness (QED) is 0.394. The first-order chi connectivity index (χ1) is 13.9. The van der Waals surface area contributed by atoms with Crippen LogP contribution in [0.2, 0.25) is 0 Å². The molecule has 2 heterocycles. The van der Waals surface area contributed by atoms with Gasteiger partial charge in [0.25, 0.3) is 0 Å². The SMILES string of the molecule is COc1cn(Cc2cc(F)cc(F)c2)c(Nc2cccc(C3C[I-]3)c2C)nc1=O. The average Bonchev–Trinajstić information content (AvgIpc) is 3.49. The zero-order valence-corrected chi connectivity index (χ0v) is 18.0. The van der Waals surface area contributed by atoms with Crippen LogP contribution in [-0.2, 0) is 6.54 Å². The van der Waals surface area contributed by atoms with Gasteiger partial charge in [0.2, 0.25) is 0 Å². The van der Waals surface area contributed by atoms with Gasteiger partial charge in [-0.25, -0.2) is 0 Å². The molecule has 1 N–H and O–H groups in total. The Morgan fingerprint density at radius 3 is 2.66 bits per heavy atom. The number of hydrogen-bond donors (Lipinski definition) is 1. The normalized spacial score (nSPS) is 15.5. The number of aromatic nitrogens is 2. The number of rotatable bonds is 6. The number of hydrogen-bond acceptors (Lipinski definition) is 4. The Labute approximate surface area is 177 Å². The first-order valence-corrected chi connectivity index (χ1v) is 11.8. The van der Waals surface area contributed by atoms with Crippen LogP contribution in [0, 0.1) is 18.6 Å². The van der Waals surface area contributed by atoms with Crippen molar-refractivity contribution in [1.29, 1.82) is 0 Å². The van der Waals surface area contributed by atoms with Crippen LogP contribution in [0.3, 0.4) is 0 Å². The Morgan fingerprint density at radius 1 is 1.28 bits per heavy atom. The number of ether oxygens (including phenoxy) is 1. The summed E-state index contributed by atoms with van der Waals surface area (Å²) in [7, 11) is 1.38. The number of halogens is 3. The van der Waals surface area contributed by atoms with E-state index in [0.29, 0.717) is 9.49 Å². The molecule has 8 heteroatoms. The second-order valence-electron chi connectivity index (χ2n) is 6.76. The van der Waals surface area contributed by atoms with Crippen molar-refractivity contribution in [2.75, 3.05) is 16.9 Å². The monoisotopic (exact) mass is 510 g/mol. The van der Waals surface area contributed by atoms with Crippen molar-refractivity contribution in [1.82, 2.24) is 9.55 Å². The summed E-state index contributed by atoms with van der Waals surface area (Å²) in [5, 5.41) is 3.23. The fraction of sp³-hybridized carbons (Fsp3) is 0.238. The van der Waals surface area contributed by atoms with E-state index >= 15 is 0 Å². The summed E-state index contributed by atoms with van der Waals surface area (Å²) in [6.45, 7) is 2.17. The number of alkyl halides is 2. The number of nitrogens with zero attached hydrogens (tertiary/aromatic N) is 2. The zero-order chi connectivity index (χ0) is 20.5. The molecular weight excluding hydrogens is 491 g/mol. The summed E-state index contributed by atoms with van der Waals surface area (Å²) in [5.74, 6) is -0.981. The molecule has 1 fully saturated rings. The molecule has 152 valence electrons. The third-order valence-electron chi connectivity index (χ3n) is 4.73. The van der Waals surface area contributed by atoms with E-state index in [-0.39, 0.29) is 39.4 Å². The van der Waals surface area contributed by atoms with Gasteiger partial charge in [0.15, 0.2) is 0 Å². The van der Waals surface area contributed by atoms with Crippen molar-refractivity contribution in [3.63, 3.8) is 0 Å². The Balaban J connectivity index is 1.73. The zero-order valence-electron chi connectivity index (χ0n) is 15.9. The maximum atomic E-state index is 13.6. The molecule has 29 heavy (non-hydrogen) atoms. The average molecular weight is 510 g/mol. The molecule has 0 aliphatic carbocycles. The molecule has 4 rings (SSSR count). The summed E-state index contributed by atoms with van der Waals surface area (Å²) < 4.78 is 35.9. The van der Waals surface area contributed by atoms with Gasteiger partial charge in [-0.3, -0.25) is 0 Å². The second kappa shape index (κ2) is 8.10. The van der Waals surface area contributed by atoms with E-state index in [1.54, 1.807) is 4.57 Å². The minimum absolute atomic E-state index is 0.0561. The molecule has 0 radical (unpaired) electrons. The molecule has 1 saturated heterocycles. The van der Waals surface area contributed by atoms with Crippen LogP contribution in [0.15, 0.2) is 47.4 Å². The van der Waals surface area contributed by atoms with Gasteiger partial charge in [-0.05, 0) is 0 Å². The molecule has 1 aliphatic heterocycles. The number of anilines is 2. The van der Waals surface area contributed by atoms with Crippen molar-refractivity contribution in [2.45, 2.75) is 17.4 Å². The summed E-state index contributed by atoms with van der Waals surface area (Å²) in [5.41, 5.74) is 3.21. The third-order valence-corrected chi connectivity index (χ3v) is 7.16. The number of methoxy groups -OCH3 is 1. The predicted octanol–water partition coefficient (Wildman–Crippen LogP) is 0.774. The van der Waals surface area contributed by atoms with Crippen LogP contribution in [0.5, 0.6) is 5.75 Å². The van der Waals surface area contributed by atoms with Crippen LogP contribution < -0.4 is 36.8 Å². The van der Waals surface area contributed by atoms with Gasteiger partial charge in [0, 0.05) is 0 Å². The van der Waals surface area contributed by atoms with Crippen molar-refractivity contribution in [3.8, 4) is 5.75 Å². The third kappa shape index (κ3) is 4.42. The summed E-state index contributed by atoms with van der Waals surface area (Å²) in [4.78, 5) is 16.3. The molecular formula is C21H19F2IN3O2-. The molecule has 0 bridgehead atoms. The summed E-state index contributed by atoms with van der Waals surface area (Å²) in [6.07, 6.45) is 1.49. The number of benzene rings is 2. The van der Waals surface area contributed by atoms with E-state index < -0.39 is 17.2 Å². The van der Waals surface area contributed by atoms with Gasteiger partial charge in [0.05, 0.1) is 0 Å². The Hall–Kier alpha value is -2.49. The molecule has 5 nitrogen and oxygen atoms in total. The van der Waals surface area contributed by atoms with Crippen LogP contribution in [0.4, 0.5) is 20.4 Å². The maximum absolute atomic E-state index is 13.6. The van der Waals surface area contributed by atoms with E-state index in [0.717, 1.165) is 17.3 Å². The van der Waals surface area contributed by atoms with Crippen LogP contribution in [0.25, 0.3) is 0 Å². The van der Waals surface area contributed by atoms with Gasteiger partial charge in [-0.1, -0.05) is 0 Å². The van der Waals surface area contributed by atoms with Crippen LogP contribution in [0.1, 0.15) is 20.6 Å². The Morgan fingerprint density at radius 2 is 2.00 bits per heavy atom. The fourth-order valence-electron chi connectivity index (χ4n) is 3.19. The predicted molar refractivity (Wildman–Crippen MR) is 103 cm³/mol. The van der Waals surface area contributed by atoms with Crippen molar-refractivity contribution in [3.05, 3.63) is 81.3 Å². The molecule has 1 aliphatic rings. The fourth-order valence-corrected chi connectivity index (χ4v) is 5.07. The molecule has 0 saturated carbocycles.